The SMILES string of the molecule is Cc1cccc([N-][n+]2cc(N)on2)c1. The van der Waals surface area contributed by atoms with Gasteiger partial charge in [0.05, 0.1) is 0 Å². The third-order valence-electron chi connectivity index (χ3n) is 1.69. The van der Waals surface area contributed by atoms with E-state index in [4.69, 9.17) is 5.73 Å². The molecule has 0 aliphatic carbocycles. The fourth-order valence-electron chi connectivity index (χ4n) is 1.11. The van der Waals surface area contributed by atoms with Gasteiger partial charge in [0.15, 0.2) is 0 Å². The van der Waals surface area contributed by atoms with Gasteiger partial charge in [-0.3, -0.25) is 0 Å². The predicted octanol–water partition coefficient (Wildman–Crippen LogP) is 1.32. The first-order valence-electron chi connectivity index (χ1n) is 4.17. The minimum Gasteiger partial charge on any atom is -0.382 e. The summed E-state index contributed by atoms with van der Waals surface area (Å²) in [4.78, 5) is 1.30. The quantitative estimate of drug-likeness (QED) is 0.726. The van der Waals surface area contributed by atoms with Crippen LogP contribution in [0.25, 0.3) is 5.43 Å². The number of anilines is 1. The van der Waals surface area contributed by atoms with Crippen molar-refractivity contribution < 1.29 is 9.31 Å². The molecule has 0 atom stereocenters. The summed E-state index contributed by atoms with van der Waals surface area (Å²) in [5.41, 5.74) is 11.5. The molecule has 2 N–H and O–H groups in total. The van der Waals surface area contributed by atoms with Crippen LogP contribution in [0.3, 0.4) is 0 Å². The Kier molecular flexibility index (Phi) is 2.06. The van der Waals surface area contributed by atoms with Crippen molar-refractivity contribution in [2.45, 2.75) is 6.92 Å². The highest BCUT2D eigenvalue weighted by atomic mass is 16.5. The molecule has 72 valence electrons. The maximum absolute atomic E-state index is 5.35. The van der Waals surface area contributed by atoms with E-state index in [0.29, 0.717) is 0 Å². The van der Waals surface area contributed by atoms with Crippen LogP contribution in [0.2, 0.25) is 0 Å². The van der Waals surface area contributed by atoms with Gasteiger partial charge in [0.25, 0.3) is 12.1 Å². The van der Waals surface area contributed by atoms with E-state index >= 15 is 0 Å². The first kappa shape index (κ1) is 8.55. The molecule has 2 aromatic rings. The molecular weight excluding hydrogens is 180 g/mol. The zero-order chi connectivity index (χ0) is 9.97. The maximum atomic E-state index is 5.35. The zero-order valence-electron chi connectivity index (χ0n) is 7.71. The molecule has 1 aromatic carbocycles. The summed E-state index contributed by atoms with van der Waals surface area (Å²) in [7, 11) is 0. The lowest BCUT2D eigenvalue weighted by Crippen LogP contribution is -2.28. The average Bonchev–Trinajstić information content (AvgIpc) is 2.51. The van der Waals surface area contributed by atoms with E-state index in [1.54, 1.807) is 0 Å². The summed E-state index contributed by atoms with van der Waals surface area (Å²) in [6, 6.07) is 7.75. The van der Waals surface area contributed by atoms with Crippen LogP contribution >= 0.6 is 0 Å². The molecule has 0 saturated heterocycles. The van der Waals surface area contributed by atoms with Gasteiger partial charge in [-0.15, -0.1) is 0 Å². The van der Waals surface area contributed by atoms with Crippen LogP contribution in [-0.4, -0.2) is 5.27 Å². The summed E-state index contributed by atoms with van der Waals surface area (Å²) in [5.74, 6) is 0.237. The molecule has 2 rings (SSSR count). The molecule has 0 radical (unpaired) electrons. The van der Waals surface area contributed by atoms with Crippen molar-refractivity contribution in [3.05, 3.63) is 41.5 Å². The number of aryl methyl sites for hydroxylation is 1. The topological polar surface area (TPSA) is 70.0 Å². The normalized spacial score (nSPS) is 10.1. The van der Waals surface area contributed by atoms with Gasteiger partial charge < -0.3 is 10.3 Å². The van der Waals surface area contributed by atoms with Gasteiger partial charge in [0.2, 0.25) is 0 Å². The standard InChI is InChI=1S/C9H10N4O/c1-7-3-2-4-8(5-7)11-13-6-9(10)14-12-13/h2-6H,10H2,1H3. The Hall–Kier alpha value is -2.04. The molecule has 0 saturated carbocycles. The smallest absolute Gasteiger partial charge is 0.265 e. The van der Waals surface area contributed by atoms with E-state index in [1.165, 1.54) is 11.0 Å². The van der Waals surface area contributed by atoms with Gasteiger partial charge in [-0.2, -0.15) is 5.43 Å². The minimum absolute atomic E-state index is 0.237. The Bertz CT molecular complexity index is 438. The first-order chi connectivity index (χ1) is 6.74. The van der Waals surface area contributed by atoms with Crippen molar-refractivity contribution in [1.29, 1.82) is 0 Å². The van der Waals surface area contributed by atoms with Gasteiger partial charge in [-0.05, 0) is 12.2 Å². The number of nitrogens with two attached hydrogens (primary N) is 1. The second-order valence-corrected chi connectivity index (χ2v) is 2.96. The fraction of sp³-hybridized carbons (Fsp3) is 0.111. The van der Waals surface area contributed by atoms with E-state index in [9.17, 15) is 0 Å². The molecule has 0 unspecified atom stereocenters. The third-order valence-corrected chi connectivity index (χ3v) is 1.69. The van der Waals surface area contributed by atoms with Crippen LogP contribution in [0.1, 0.15) is 5.56 Å². The number of nitrogens with zero attached hydrogens (tertiary/aromatic N) is 3. The molecule has 14 heavy (non-hydrogen) atoms. The average molecular weight is 190 g/mol. The molecule has 1 aromatic heterocycles. The van der Waals surface area contributed by atoms with Crippen LogP contribution in [0.4, 0.5) is 11.6 Å². The van der Waals surface area contributed by atoms with Gasteiger partial charge in [-0.25, -0.2) is 0 Å². The Balaban J connectivity index is 2.18. The lowest BCUT2D eigenvalue weighted by Gasteiger charge is -2.01. The number of nitrogen functional groups attached to an aromatic ring is 1. The number of hydrogen-bond acceptors (Lipinski definition) is 3. The first-order valence-corrected chi connectivity index (χ1v) is 4.17. The second kappa shape index (κ2) is 3.37. The van der Waals surface area contributed by atoms with Crippen molar-refractivity contribution in [2.75, 3.05) is 5.73 Å². The van der Waals surface area contributed by atoms with Gasteiger partial charge in [0, 0.05) is 5.69 Å². The highest BCUT2D eigenvalue weighted by Gasteiger charge is 1.99. The minimum atomic E-state index is 0.237. The summed E-state index contributed by atoms with van der Waals surface area (Å²) < 4.78 is 4.66. The van der Waals surface area contributed by atoms with Crippen molar-refractivity contribution in [2.24, 2.45) is 0 Å². The third kappa shape index (κ3) is 1.82. The summed E-state index contributed by atoms with van der Waals surface area (Å²) >= 11 is 0. The number of hydrogen-bond donors (Lipinski definition) is 1. The maximum Gasteiger partial charge on any atom is 0.265 e. The molecule has 5 heteroatoms. The van der Waals surface area contributed by atoms with Crippen molar-refractivity contribution in [3.8, 4) is 0 Å². The van der Waals surface area contributed by atoms with Crippen molar-refractivity contribution in [1.82, 2.24) is 5.27 Å². The molecule has 1 heterocycles. The molecule has 0 aliphatic heterocycles. The lowest BCUT2D eigenvalue weighted by atomic mass is 10.2. The second-order valence-electron chi connectivity index (χ2n) is 2.96. The number of aromatic nitrogens is 2. The Morgan fingerprint density at radius 3 is 3.00 bits per heavy atom. The lowest BCUT2D eigenvalue weighted by molar-refractivity contribution is -0.691. The van der Waals surface area contributed by atoms with E-state index < -0.39 is 0 Å². The Morgan fingerprint density at radius 2 is 2.36 bits per heavy atom. The monoisotopic (exact) mass is 190 g/mol. The van der Waals surface area contributed by atoms with Gasteiger partial charge in [0.1, 0.15) is 0 Å². The highest BCUT2D eigenvalue weighted by Crippen LogP contribution is 2.16. The van der Waals surface area contributed by atoms with E-state index in [0.717, 1.165) is 11.3 Å². The van der Waals surface area contributed by atoms with Crippen LogP contribution in [-0.2, 0) is 0 Å². The van der Waals surface area contributed by atoms with Crippen molar-refractivity contribution >= 4 is 11.6 Å². The Morgan fingerprint density at radius 1 is 1.50 bits per heavy atom. The predicted molar refractivity (Wildman–Crippen MR) is 50.7 cm³/mol. The molecule has 0 bridgehead atoms. The van der Waals surface area contributed by atoms with Gasteiger partial charge in [-0.1, -0.05) is 34.6 Å². The molecule has 0 amide bonds. The molecule has 0 spiro atoms. The molecular formula is C9H10N4O. The Labute approximate surface area is 81.1 Å². The largest absolute Gasteiger partial charge is 0.382 e. The summed E-state index contributed by atoms with van der Waals surface area (Å²) in [5, 5.41) is 3.59. The van der Waals surface area contributed by atoms with Crippen LogP contribution in [0.15, 0.2) is 35.0 Å². The highest BCUT2D eigenvalue weighted by molar-refractivity contribution is 5.46. The van der Waals surface area contributed by atoms with Gasteiger partial charge >= 0.3 is 0 Å². The van der Waals surface area contributed by atoms with Crippen LogP contribution in [0, 0.1) is 6.92 Å². The van der Waals surface area contributed by atoms with E-state index in [-0.39, 0.29) is 5.88 Å². The van der Waals surface area contributed by atoms with Crippen LogP contribution < -0.4 is 10.5 Å². The summed E-state index contributed by atoms with van der Waals surface area (Å²) in [6.45, 7) is 2.00. The molecule has 0 aliphatic rings. The molecule has 0 fully saturated rings. The van der Waals surface area contributed by atoms with Crippen molar-refractivity contribution in [3.63, 3.8) is 0 Å². The number of rotatable bonds is 2. The number of benzene rings is 1. The summed E-state index contributed by atoms with van der Waals surface area (Å²) in [6.07, 6.45) is 1.50. The van der Waals surface area contributed by atoms with Crippen LogP contribution in [0.5, 0.6) is 0 Å². The van der Waals surface area contributed by atoms with E-state index in [1.807, 2.05) is 31.2 Å². The van der Waals surface area contributed by atoms with E-state index in [2.05, 4.69) is 15.2 Å². The zero-order valence-corrected chi connectivity index (χ0v) is 7.71. The molecule has 5 nitrogen and oxygen atoms in total. The fourth-order valence-corrected chi connectivity index (χ4v) is 1.11.